The topological polar surface area (TPSA) is 49.6 Å². The van der Waals surface area contributed by atoms with Gasteiger partial charge in [0, 0.05) is 43.9 Å². The van der Waals surface area contributed by atoms with Gasteiger partial charge in [0.25, 0.3) is 5.82 Å². The van der Waals surface area contributed by atoms with Gasteiger partial charge in [0.15, 0.2) is 11.5 Å². The van der Waals surface area contributed by atoms with Crippen molar-refractivity contribution in [1.82, 2.24) is 24.7 Å². The molecule has 0 bridgehead atoms. The van der Waals surface area contributed by atoms with Gasteiger partial charge in [0.2, 0.25) is 0 Å². The number of benzene rings is 1. The van der Waals surface area contributed by atoms with Crippen molar-refractivity contribution in [3.8, 4) is 0 Å². The minimum absolute atomic E-state index is 0.149. The molecule has 2 aromatic heterocycles. The number of anilines is 1. The van der Waals surface area contributed by atoms with Crippen LogP contribution < -0.4 is 4.90 Å². The molecule has 3 heterocycles. The first-order valence-electron chi connectivity index (χ1n) is 9.15. The lowest BCUT2D eigenvalue weighted by Gasteiger charge is -2.36. The minimum Gasteiger partial charge on any atom is -0.352 e. The molecule has 1 aromatic carbocycles. The fourth-order valence-electron chi connectivity index (χ4n) is 3.55. The van der Waals surface area contributed by atoms with Crippen LogP contribution in [0.15, 0.2) is 30.3 Å². The monoisotopic (exact) mass is 390 g/mol. The van der Waals surface area contributed by atoms with E-state index in [0.717, 1.165) is 29.7 Å². The highest BCUT2D eigenvalue weighted by Crippen LogP contribution is 2.30. The van der Waals surface area contributed by atoms with Crippen molar-refractivity contribution in [1.29, 1.82) is 0 Å². The third kappa shape index (κ3) is 3.42. The van der Waals surface area contributed by atoms with Crippen LogP contribution in [0, 0.1) is 13.8 Å². The number of fused-ring (bicyclic) bond motifs is 1. The van der Waals surface area contributed by atoms with E-state index in [2.05, 4.69) is 32.3 Å². The number of hydrogen-bond donors (Lipinski definition) is 0. The number of piperazine rings is 1. The Balaban J connectivity index is 1.57. The van der Waals surface area contributed by atoms with Gasteiger partial charge in [-0.25, -0.2) is 0 Å². The molecular formula is C19H21F3N6. The van der Waals surface area contributed by atoms with E-state index in [0.29, 0.717) is 24.5 Å². The molecule has 0 atom stereocenters. The summed E-state index contributed by atoms with van der Waals surface area (Å²) in [5, 5.41) is 11.3. The minimum atomic E-state index is -4.60. The number of hydrogen-bond acceptors (Lipinski definition) is 5. The van der Waals surface area contributed by atoms with Crippen molar-refractivity contribution in [2.24, 2.45) is 0 Å². The standard InChI is InChI=1S/C19H21F3N6/c1-13-14(2)17(25-28-16(13)23-24-18(28)19(20,21)22)27-10-8-26(9-11-27)12-15-6-4-3-5-7-15/h3-7H,8-12H2,1-2H3. The highest BCUT2D eigenvalue weighted by molar-refractivity contribution is 5.59. The molecule has 9 heteroatoms. The van der Waals surface area contributed by atoms with Gasteiger partial charge in [-0.15, -0.1) is 15.3 Å². The number of aromatic nitrogens is 4. The van der Waals surface area contributed by atoms with Crippen LogP contribution in [0.4, 0.5) is 19.0 Å². The summed E-state index contributed by atoms with van der Waals surface area (Å²) >= 11 is 0. The molecule has 1 saturated heterocycles. The first kappa shape index (κ1) is 18.7. The molecule has 0 spiro atoms. The molecule has 0 N–H and O–H groups in total. The van der Waals surface area contributed by atoms with Crippen LogP contribution in [-0.2, 0) is 12.7 Å². The lowest BCUT2D eigenvalue weighted by Crippen LogP contribution is -2.46. The highest BCUT2D eigenvalue weighted by atomic mass is 19.4. The second-order valence-corrected chi connectivity index (χ2v) is 7.08. The summed E-state index contributed by atoms with van der Waals surface area (Å²) in [4.78, 5) is 4.38. The molecule has 148 valence electrons. The largest absolute Gasteiger partial charge is 0.453 e. The van der Waals surface area contributed by atoms with E-state index < -0.39 is 12.0 Å². The van der Waals surface area contributed by atoms with E-state index >= 15 is 0 Å². The summed E-state index contributed by atoms with van der Waals surface area (Å²) in [5.41, 5.74) is 2.91. The molecule has 3 aromatic rings. The van der Waals surface area contributed by atoms with Gasteiger partial charge in [0.1, 0.15) is 0 Å². The molecule has 0 amide bonds. The first-order valence-corrected chi connectivity index (χ1v) is 9.15. The third-order valence-corrected chi connectivity index (χ3v) is 5.24. The van der Waals surface area contributed by atoms with E-state index in [-0.39, 0.29) is 5.65 Å². The lowest BCUT2D eigenvalue weighted by atomic mass is 10.1. The number of halogens is 3. The summed E-state index contributed by atoms with van der Waals surface area (Å²) < 4.78 is 40.5. The maximum atomic E-state index is 13.2. The van der Waals surface area contributed by atoms with Crippen molar-refractivity contribution < 1.29 is 13.2 Å². The zero-order chi connectivity index (χ0) is 19.9. The average Bonchev–Trinajstić information content (AvgIpc) is 3.11. The Morgan fingerprint density at radius 3 is 2.25 bits per heavy atom. The predicted octanol–water partition coefficient (Wildman–Crippen LogP) is 3.08. The van der Waals surface area contributed by atoms with Crippen molar-refractivity contribution in [2.45, 2.75) is 26.6 Å². The van der Waals surface area contributed by atoms with Gasteiger partial charge in [-0.2, -0.15) is 17.7 Å². The van der Waals surface area contributed by atoms with Crippen LogP contribution >= 0.6 is 0 Å². The molecule has 1 fully saturated rings. The molecule has 28 heavy (non-hydrogen) atoms. The smallest absolute Gasteiger partial charge is 0.352 e. The summed E-state index contributed by atoms with van der Waals surface area (Å²) in [6, 6.07) is 10.2. The van der Waals surface area contributed by atoms with Crippen LogP contribution in [0.5, 0.6) is 0 Å². The molecule has 0 aliphatic carbocycles. The van der Waals surface area contributed by atoms with E-state index in [9.17, 15) is 13.2 Å². The van der Waals surface area contributed by atoms with Crippen LogP contribution in [0.2, 0.25) is 0 Å². The van der Waals surface area contributed by atoms with Crippen molar-refractivity contribution in [3.63, 3.8) is 0 Å². The van der Waals surface area contributed by atoms with Crippen LogP contribution in [0.3, 0.4) is 0 Å². The van der Waals surface area contributed by atoms with Gasteiger partial charge in [0.05, 0.1) is 0 Å². The summed E-state index contributed by atoms with van der Waals surface area (Å²) in [6.45, 7) is 7.54. The maximum Gasteiger partial charge on any atom is 0.453 e. The Morgan fingerprint density at radius 1 is 0.929 bits per heavy atom. The van der Waals surface area contributed by atoms with E-state index in [4.69, 9.17) is 0 Å². The fourth-order valence-corrected chi connectivity index (χ4v) is 3.55. The molecule has 6 nitrogen and oxygen atoms in total. The molecule has 0 saturated carbocycles. The molecule has 4 rings (SSSR count). The van der Waals surface area contributed by atoms with Gasteiger partial charge in [-0.05, 0) is 19.4 Å². The fraction of sp³-hybridized carbons (Fsp3) is 0.421. The first-order chi connectivity index (χ1) is 13.3. The van der Waals surface area contributed by atoms with Crippen LogP contribution in [-0.4, -0.2) is 50.9 Å². The zero-order valence-electron chi connectivity index (χ0n) is 15.7. The molecule has 1 aliphatic rings. The van der Waals surface area contributed by atoms with Crippen LogP contribution in [0.1, 0.15) is 22.5 Å². The molecule has 1 aliphatic heterocycles. The molecule has 0 radical (unpaired) electrons. The van der Waals surface area contributed by atoms with Crippen LogP contribution in [0.25, 0.3) is 5.65 Å². The number of alkyl halides is 3. The zero-order valence-corrected chi connectivity index (χ0v) is 15.7. The Hall–Kier alpha value is -2.68. The Labute approximate surface area is 160 Å². The summed E-state index contributed by atoms with van der Waals surface area (Å²) in [7, 11) is 0. The summed E-state index contributed by atoms with van der Waals surface area (Å²) in [5.74, 6) is -0.524. The maximum absolute atomic E-state index is 13.2. The predicted molar refractivity (Wildman–Crippen MR) is 99.2 cm³/mol. The third-order valence-electron chi connectivity index (χ3n) is 5.24. The average molecular weight is 390 g/mol. The number of rotatable bonds is 3. The van der Waals surface area contributed by atoms with Crippen molar-refractivity contribution >= 4 is 11.5 Å². The van der Waals surface area contributed by atoms with Gasteiger partial charge < -0.3 is 4.90 Å². The second kappa shape index (κ2) is 7.05. The Kier molecular flexibility index (Phi) is 4.70. The summed E-state index contributed by atoms with van der Waals surface area (Å²) in [6.07, 6.45) is -4.60. The van der Waals surface area contributed by atoms with Gasteiger partial charge >= 0.3 is 6.18 Å². The lowest BCUT2D eigenvalue weighted by molar-refractivity contribution is -0.146. The molecule has 0 unspecified atom stereocenters. The Morgan fingerprint density at radius 2 is 1.61 bits per heavy atom. The quantitative estimate of drug-likeness (QED) is 0.688. The number of nitrogens with zero attached hydrogens (tertiary/aromatic N) is 6. The molecular weight excluding hydrogens is 369 g/mol. The van der Waals surface area contributed by atoms with E-state index in [1.807, 2.05) is 30.0 Å². The van der Waals surface area contributed by atoms with Crippen molar-refractivity contribution in [2.75, 3.05) is 31.1 Å². The van der Waals surface area contributed by atoms with Crippen molar-refractivity contribution in [3.05, 3.63) is 52.8 Å². The Bertz CT molecular complexity index is 975. The van der Waals surface area contributed by atoms with E-state index in [1.54, 1.807) is 6.92 Å². The second-order valence-electron chi connectivity index (χ2n) is 7.08. The normalized spacial score (nSPS) is 16.1. The van der Waals surface area contributed by atoms with Gasteiger partial charge in [-0.3, -0.25) is 4.90 Å². The highest BCUT2D eigenvalue weighted by Gasteiger charge is 2.38. The van der Waals surface area contributed by atoms with Gasteiger partial charge in [-0.1, -0.05) is 30.3 Å². The SMILES string of the molecule is Cc1c(N2CCN(Cc3ccccc3)CC2)nn2c(C(F)(F)F)nnc2c1C. The van der Waals surface area contributed by atoms with E-state index in [1.165, 1.54) is 5.56 Å². The number of aryl methyl sites for hydroxylation is 1.